The molecule has 0 spiro atoms. The molecule has 0 aromatic carbocycles. The molecule has 15 heavy (non-hydrogen) atoms. The number of urea groups is 1. The third kappa shape index (κ3) is 4.40. The lowest BCUT2D eigenvalue weighted by Crippen LogP contribution is -2.44. The first kappa shape index (κ1) is 12.1. The normalized spacial score (nSPS) is 17.1. The number of hydrogen-bond donors (Lipinski definition) is 1. The van der Waals surface area contributed by atoms with Crippen LogP contribution in [0.2, 0.25) is 0 Å². The van der Waals surface area contributed by atoms with Crippen molar-refractivity contribution in [3.8, 4) is 0 Å². The van der Waals surface area contributed by atoms with Crippen molar-refractivity contribution in [2.24, 2.45) is 5.92 Å². The summed E-state index contributed by atoms with van der Waals surface area (Å²) in [5.41, 5.74) is 0. The lowest BCUT2D eigenvalue weighted by molar-refractivity contribution is -0.123. The van der Waals surface area contributed by atoms with Crippen molar-refractivity contribution < 1.29 is 18.0 Å². The second-order valence-corrected chi connectivity index (χ2v) is 3.95. The fourth-order valence-corrected chi connectivity index (χ4v) is 1.46. The molecule has 0 saturated heterocycles. The molecule has 2 amide bonds. The molecule has 0 radical (unpaired) electrons. The molecule has 0 aliphatic heterocycles. The van der Waals surface area contributed by atoms with E-state index in [1.54, 1.807) is 0 Å². The van der Waals surface area contributed by atoms with Crippen LogP contribution >= 0.6 is 0 Å². The average Bonchev–Trinajstić information content (AvgIpc) is 2.05. The highest BCUT2D eigenvalue weighted by Gasteiger charge is 2.29. The lowest BCUT2D eigenvalue weighted by atomic mass is 9.85. The second-order valence-electron chi connectivity index (χ2n) is 3.95. The summed E-state index contributed by atoms with van der Waals surface area (Å²) in [6.07, 6.45) is -1.05. The van der Waals surface area contributed by atoms with Crippen LogP contribution in [-0.4, -0.2) is 37.2 Å². The van der Waals surface area contributed by atoms with Crippen LogP contribution in [-0.2, 0) is 0 Å². The van der Waals surface area contributed by atoms with Crippen molar-refractivity contribution in [3.05, 3.63) is 0 Å². The first-order valence-electron chi connectivity index (χ1n) is 4.94. The SMILES string of the molecule is CN(CC1CCC1)C(=O)NCC(F)(F)F. The van der Waals surface area contributed by atoms with E-state index < -0.39 is 18.8 Å². The maximum atomic E-state index is 11.8. The van der Waals surface area contributed by atoms with Crippen molar-refractivity contribution in [1.29, 1.82) is 0 Å². The minimum atomic E-state index is -4.34. The Kier molecular flexibility index (Phi) is 3.82. The van der Waals surface area contributed by atoms with Gasteiger partial charge in [-0.05, 0) is 18.8 Å². The van der Waals surface area contributed by atoms with Crippen LogP contribution in [0.5, 0.6) is 0 Å². The fraction of sp³-hybridized carbons (Fsp3) is 0.889. The molecule has 0 atom stereocenters. The summed E-state index contributed by atoms with van der Waals surface area (Å²) >= 11 is 0. The molecule has 1 fully saturated rings. The number of rotatable bonds is 3. The van der Waals surface area contributed by atoms with Gasteiger partial charge in [-0.2, -0.15) is 13.2 Å². The highest BCUT2D eigenvalue weighted by atomic mass is 19.4. The molecule has 6 heteroatoms. The van der Waals surface area contributed by atoms with Gasteiger partial charge in [-0.1, -0.05) is 6.42 Å². The predicted octanol–water partition coefficient (Wildman–Crippen LogP) is 1.99. The molecule has 0 bridgehead atoms. The third-order valence-corrected chi connectivity index (χ3v) is 2.54. The maximum Gasteiger partial charge on any atom is 0.405 e. The quantitative estimate of drug-likeness (QED) is 0.781. The Balaban J connectivity index is 2.20. The summed E-state index contributed by atoms with van der Waals surface area (Å²) in [5.74, 6) is 0.464. The number of carbonyl (C=O) groups is 1. The second kappa shape index (κ2) is 4.72. The first-order valence-corrected chi connectivity index (χ1v) is 4.94. The minimum absolute atomic E-state index is 0.464. The van der Waals surface area contributed by atoms with Gasteiger partial charge in [-0.3, -0.25) is 0 Å². The lowest BCUT2D eigenvalue weighted by Gasteiger charge is -2.30. The number of amides is 2. The summed E-state index contributed by atoms with van der Waals surface area (Å²) in [5, 5.41) is 1.84. The molecular weight excluding hydrogens is 209 g/mol. The van der Waals surface area contributed by atoms with E-state index >= 15 is 0 Å². The summed E-state index contributed by atoms with van der Waals surface area (Å²) in [4.78, 5) is 12.5. The van der Waals surface area contributed by atoms with Gasteiger partial charge in [-0.25, -0.2) is 4.79 Å². The number of nitrogens with one attached hydrogen (secondary N) is 1. The molecule has 0 aromatic rings. The summed E-state index contributed by atoms with van der Waals surface area (Å²) in [6.45, 7) is -0.718. The molecular formula is C9H15F3N2O. The van der Waals surface area contributed by atoms with Gasteiger partial charge in [0.25, 0.3) is 0 Å². The third-order valence-electron chi connectivity index (χ3n) is 2.54. The van der Waals surface area contributed by atoms with Gasteiger partial charge in [-0.15, -0.1) is 0 Å². The van der Waals surface area contributed by atoms with Crippen LogP contribution in [0.4, 0.5) is 18.0 Å². The molecule has 1 N–H and O–H groups in total. The molecule has 1 aliphatic rings. The zero-order valence-electron chi connectivity index (χ0n) is 8.60. The Morgan fingerprint density at radius 1 is 1.47 bits per heavy atom. The standard InChI is InChI=1S/C9H15F3N2O/c1-14(5-7-3-2-4-7)8(15)13-6-9(10,11)12/h7H,2-6H2,1H3,(H,13,15). The molecule has 1 saturated carbocycles. The smallest absolute Gasteiger partial charge is 0.329 e. The number of hydrogen-bond acceptors (Lipinski definition) is 1. The molecule has 88 valence electrons. The zero-order chi connectivity index (χ0) is 11.5. The van der Waals surface area contributed by atoms with E-state index in [1.807, 2.05) is 5.32 Å². The van der Waals surface area contributed by atoms with E-state index in [2.05, 4.69) is 0 Å². The Hall–Kier alpha value is -0.940. The predicted molar refractivity (Wildman–Crippen MR) is 49.4 cm³/mol. The minimum Gasteiger partial charge on any atom is -0.329 e. The van der Waals surface area contributed by atoms with Gasteiger partial charge in [0.05, 0.1) is 0 Å². The van der Waals surface area contributed by atoms with E-state index in [4.69, 9.17) is 0 Å². The Labute approximate surface area is 86.6 Å². The van der Waals surface area contributed by atoms with E-state index in [0.29, 0.717) is 12.5 Å². The fourth-order valence-electron chi connectivity index (χ4n) is 1.46. The van der Waals surface area contributed by atoms with Crippen molar-refractivity contribution in [1.82, 2.24) is 10.2 Å². The highest BCUT2D eigenvalue weighted by Crippen LogP contribution is 2.26. The van der Waals surface area contributed by atoms with Gasteiger partial charge in [0.1, 0.15) is 6.54 Å². The van der Waals surface area contributed by atoms with Crippen molar-refractivity contribution >= 4 is 6.03 Å². The van der Waals surface area contributed by atoms with Crippen LogP contribution in [0.15, 0.2) is 0 Å². The largest absolute Gasteiger partial charge is 0.405 e. The Morgan fingerprint density at radius 3 is 2.47 bits per heavy atom. The Morgan fingerprint density at radius 2 is 2.07 bits per heavy atom. The van der Waals surface area contributed by atoms with Crippen LogP contribution < -0.4 is 5.32 Å². The number of alkyl halides is 3. The van der Waals surface area contributed by atoms with E-state index in [-0.39, 0.29) is 0 Å². The number of nitrogens with zero attached hydrogens (tertiary/aromatic N) is 1. The van der Waals surface area contributed by atoms with E-state index in [0.717, 1.165) is 19.3 Å². The Bertz CT molecular complexity index is 226. The molecule has 1 rings (SSSR count). The molecule has 0 unspecified atom stereocenters. The number of carbonyl (C=O) groups excluding carboxylic acids is 1. The molecule has 1 aliphatic carbocycles. The van der Waals surface area contributed by atoms with Crippen molar-refractivity contribution in [2.45, 2.75) is 25.4 Å². The van der Waals surface area contributed by atoms with Gasteiger partial charge in [0.2, 0.25) is 0 Å². The number of halogens is 3. The van der Waals surface area contributed by atoms with Crippen LogP contribution in [0.25, 0.3) is 0 Å². The van der Waals surface area contributed by atoms with Gasteiger partial charge in [0, 0.05) is 13.6 Å². The molecule has 0 heterocycles. The first-order chi connectivity index (χ1) is 6.88. The van der Waals surface area contributed by atoms with E-state index in [9.17, 15) is 18.0 Å². The molecule has 0 aromatic heterocycles. The van der Waals surface area contributed by atoms with Gasteiger partial charge in [0.15, 0.2) is 0 Å². The van der Waals surface area contributed by atoms with Crippen LogP contribution in [0, 0.1) is 5.92 Å². The maximum absolute atomic E-state index is 11.8. The topological polar surface area (TPSA) is 32.3 Å². The monoisotopic (exact) mass is 224 g/mol. The van der Waals surface area contributed by atoms with Crippen molar-refractivity contribution in [3.63, 3.8) is 0 Å². The van der Waals surface area contributed by atoms with Gasteiger partial charge >= 0.3 is 12.2 Å². The average molecular weight is 224 g/mol. The summed E-state index contributed by atoms with van der Waals surface area (Å²) in [7, 11) is 1.52. The zero-order valence-corrected chi connectivity index (χ0v) is 8.60. The van der Waals surface area contributed by atoms with Crippen LogP contribution in [0.3, 0.4) is 0 Å². The van der Waals surface area contributed by atoms with E-state index in [1.165, 1.54) is 11.9 Å². The molecule has 3 nitrogen and oxygen atoms in total. The van der Waals surface area contributed by atoms with Crippen LogP contribution in [0.1, 0.15) is 19.3 Å². The van der Waals surface area contributed by atoms with Crippen molar-refractivity contribution in [2.75, 3.05) is 20.1 Å². The van der Waals surface area contributed by atoms with Gasteiger partial charge < -0.3 is 10.2 Å². The summed E-state index contributed by atoms with van der Waals surface area (Å²) in [6, 6.07) is -0.653. The summed E-state index contributed by atoms with van der Waals surface area (Å²) < 4.78 is 35.4. The highest BCUT2D eigenvalue weighted by molar-refractivity contribution is 5.73.